The van der Waals surface area contributed by atoms with E-state index in [9.17, 15) is 9.59 Å². The van der Waals surface area contributed by atoms with Crippen molar-refractivity contribution in [1.82, 2.24) is 10.9 Å². The molecule has 0 aliphatic carbocycles. The molecule has 0 saturated heterocycles. The Kier molecular flexibility index (Phi) is 7.73. The fraction of sp³-hybridized carbons (Fsp3) is 0.467. The third-order valence-corrected chi connectivity index (χ3v) is 3.14. The summed E-state index contributed by atoms with van der Waals surface area (Å²) in [5.41, 5.74) is 5.21. The van der Waals surface area contributed by atoms with Crippen LogP contribution in [0.3, 0.4) is 0 Å². The van der Waals surface area contributed by atoms with Crippen molar-refractivity contribution in [3.05, 3.63) is 34.9 Å². The molecule has 1 aromatic carbocycles. The average molecular weight is 297 g/mol. The van der Waals surface area contributed by atoms with E-state index in [1.165, 1.54) is 12.8 Å². The van der Waals surface area contributed by atoms with Crippen LogP contribution < -0.4 is 10.9 Å². The zero-order valence-corrected chi connectivity index (χ0v) is 12.5. The van der Waals surface area contributed by atoms with E-state index in [1.807, 2.05) is 0 Å². The molecule has 0 aromatic heterocycles. The quantitative estimate of drug-likeness (QED) is 0.598. The number of hydrogen-bond acceptors (Lipinski definition) is 2. The molecule has 5 heteroatoms. The predicted octanol–water partition coefficient (Wildman–Crippen LogP) is 3.46. The molecule has 2 amide bonds. The highest BCUT2D eigenvalue weighted by molar-refractivity contribution is 6.30. The first-order valence-electron chi connectivity index (χ1n) is 6.98. The average Bonchev–Trinajstić information content (AvgIpc) is 2.44. The van der Waals surface area contributed by atoms with Gasteiger partial charge < -0.3 is 0 Å². The first kappa shape index (κ1) is 16.5. The molecule has 0 fully saturated rings. The molecule has 0 heterocycles. The Morgan fingerprint density at radius 3 is 2.55 bits per heavy atom. The zero-order chi connectivity index (χ0) is 14.8. The smallest absolute Gasteiger partial charge is 0.269 e. The summed E-state index contributed by atoms with van der Waals surface area (Å²) in [7, 11) is 0. The summed E-state index contributed by atoms with van der Waals surface area (Å²) < 4.78 is 0. The van der Waals surface area contributed by atoms with Gasteiger partial charge in [0.25, 0.3) is 5.91 Å². The monoisotopic (exact) mass is 296 g/mol. The van der Waals surface area contributed by atoms with Gasteiger partial charge in [-0.1, -0.05) is 50.3 Å². The standard InChI is InChI=1S/C15H21ClN2O2/c1-2-3-4-5-6-10-14(19)17-18-15(20)12-8-7-9-13(16)11-12/h7-9,11H,2-6,10H2,1H3,(H,17,19)(H,18,20). The Morgan fingerprint density at radius 1 is 1.10 bits per heavy atom. The number of amides is 2. The Balaban J connectivity index is 2.22. The van der Waals surface area contributed by atoms with Gasteiger partial charge in [-0.25, -0.2) is 0 Å². The van der Waals surface area contributed by atoms with Crippen LogP contribution in [0.4, 0.5) is 0 Å². The maximum absolute atomic E-state index is 11.7. The van der Waals surface area contributed by atoms with Crippen molar-refractivity contribution in [2.45, 2.75) is 45.4 Å². The predicted molar refractivity (Wildman–Crippen MR) is 80.4 cm³/mol. The second-order valence-corrected chi connectivity index (χ2v) is 5.11. The van der Waals surface area contributed by atoms with Crippen LogP contribution in [0.5, 0.6) is 0 Å². The molecule has 0 atom stereocenters. The minimum Gasteiger partial charge on any atom is -0.273 e. The second kappa shape index (κ2) is 9.37. The fourth-order valence-electron chi connectivity index (χ4n) is 1.78. The summed E-state index contributed by atoms with van der Waals surface area (Å²) in [6, 6.07) is 6.56. The van der Waals surface area contributed by atoms with Gasteiger partial charge in [-0.05, 0) is 24.6 Å². The van der Waals surface area contributed by atoms with Crippen LogP contribution in [0.2, 0.25) is 5.02 Å². The second-order valence-electron chi connectivity index (χ2n) is 4.68. The topological polar surface area (TPSA) is 58.2 Å². The Morgan fingerprint density at radius 2 is 1.85 bits per heavy atom. The summed E-state index contributed by atoms with van der Waals surface area (Å²) in [5.74, 6) is -0.538. The number of nitrogens with one attached hydrogen (secondary N) is 2. The van der Waals surface area contributed by atoms with E-state index in [4.69, 9.17) is 11.6 Å². The number of rotatable bonds is 7. The third-order valence-electron chi connectivity index (χ3n) is 2.91. The molecule has 0 aliphatic rings. The zero-order valence-electron chi connectivity index (χ0n) is 11.7. The Labute approximate surface area is 124 Å². The van der Waals surface area contributed by atoms with Gasteiger partial charge in [-0.3, -0.25) is 20.4 Å². The summed E-state index contributed by atoms with van der Waals surface area (Å²) in [6.45, 7) is 2.15. The molecule has 2 N–H and O–H groups in total. The van der Waals surface area contributed by atoms with E-state index in [2.05, 4.69) is 17.8 Å². The van der Waals surface area contributed by atoms with Gasteiger partial charge in [-0.2, -0.15) is 0 Å². The molecule has 0 unspecified atom stereocenters. The number of benzene rings is 1. The van der Waals surface area contributed by atoms with Crippen LogP contribution in [0.1, 0.15) is 55.8 Å². The van der Waals surface area contributed by atoms with E-state index < -0.39 is 0 Å². The van der Waals surface area contributed by atoms with Crippen molar-refractivity contribution in [2.75, 3.05) is 0 Å². The highest BCUT2D eigenvalue weighted by atomic mass is 35.5. The molecule has 20 heavy (non-hydrogen) atoms. The first-order chi connectivity index (χ1) is 9.63. The van der Waals surface area contributed by atoms with Crippen molar-refractivity contribution in [3.8, 4) is 0 Å². The van der Waals surface area contributed by atoms with Crippen LogP contribution in [0.15, 0.2) is 24.3 Å². The van der Waals surface area contributed by atoms with Gasteiger partial charge in [0.1, 0.15) is 0 Å². The van der Waals surface area contributed by atoms with Crippen LogP contribution in [0.25, 0.3) is 0 Å². The van der Waals surface area contributed by atoms with Crippen molar-refractivity contribution in [1.29, 1.82) is 0 Å². The summed E-state index contributed by atoms with van der Waals surface area (Å²) >= 11 is 5.79. The molecule has 0 aliphatic heterocycles. The number of unbranched alkanes of at least 4 members (excludes halogenated alkanes) is 4. The normalized spacial score (nSPS) is 10.1. The Hall–Kier alpha value is -1.55. The summed E-state index contributed by atoms with van der Waals surface area (Å²) in [4.78, 5) is 23.3. The van der Waals surface area contributed by atoms with E-state index in [0.717, 1.165) is 19.3 Å². The van der Waals surface area contributed by atoms with Crippen molar-refractivity contribution >= 4 is 23.4 Å². The van der Waals surface area contributed by atoms with Gasteiger partial charge in [0, 0.05) is 17.0 Å². The highest BCUT2D eigenvalue weighted by Gasteiger charge is 2.07. The molecule has 0 saturated carbocycles. The SMILES string of the molecule is CCCCCCCC(=O)NNC(=O)c1cccc(Cl)c1. The van der Waals surface area contributed by atoms with Crippen molar-refractivity contribution in [3.63, 3.8) is 0 Å². The minimum atomic E-state index is -0.369. The lowest BCUT2D eigenvalue weighted by Crippen LogP contribution is -2.41. The number of halogens is 1. The number of hydrogen-bond donors (Lipinski definition) is 2. The van der Waals surface area contributed by atoms with E-state index in [-0.39, 0.29) is 11.8 Å². The maximum Gasteiger partial charge on any atom is 0.269 e. The highest BCUT2D eigenvalue weighted by Crippen LogP contribution is 2.10. The van der Waals surface area contributed by atoms with Crippen molar-refractivity contribution < 1.29 is 9.59 Å². The first-order valence-corrected chi connectivity index (χ1v) is 7.36. The molecule has 1 aromatic rings. The number of carbonyl (C=O) groups is 2. The lowest BCUT2D eigenvalue weighted by molar-refractivity contribution is -0.122. The molecule has 1 rings (SSSR count). The van der Waals surface area contributed by atoms with Crippen LogP contribution in [-0.4, -0.2) is 11.8 Å². The lowest BCUT2D eigenvalue weighted by Gasteiger charge is -2.07. The van der Waals surface area contributed by atoms with Gasteiger partial charge in [0.05, 0.1) is 0 Å². The van der Waals surface area contributed by atoms with Crippen molar-refractivity contribution in [2.24, 2.45) is 0 Å². The van der Waals surface area contributed by atoms with Crippen LogP contribution in [0, 0.1) is 0 Å². The summed E-state index contributed by atoms with van der Waals surface area (Å²) in [5, 5.41) is 0.486. The molecule has 110 valence electrons. The number of hydrazine groups is 1. The van der Waals surface area contributed by atoms with Gasteiger partial charge in [0.15, 0.2) is 0 Å². The van der Waals surface area contributed by atoms with E-state index in [1.54, 1.807) is 24.3 Å². The maximum atomic E-state index is 11.7. The van der Waals surface area contributed by atoms with Crippen LogP contribution in [-0.2, 0) is 4.79 Å². The van der Waals surface area contributed by atoms with Gasteiger partial charge >= 0.3 is 0 Å². The molecule has 0 bridgehead atoms. The molecular formula is C15H21ClN2O2. The molecular weight excluding hydrogens is 276 g/mol. The third kappa shape index (κ3) is 6.57. The largest absolute Gasteiger partial charge is 0.273 e. The van der Waals surface area contributed by atoms with Crippen LogP contribution >= 0.6 is 11.6 Å². The van der Waals surface area contributed by atoms with E-state index >= 15 is 0 Å². The minimum absolute atomic E-state index is 0.170. The number of carbonyl (C=O) groups excluding carboxylic acids is 2. The Bertz CT molecular complexity index is 449. The molecule has 0 spiro atoms. The van der Waals surface area contributed by atoms with Gasteiger partial charge in [-0.15, -0.1) is 0 Å². The molecule has 0 radical (unpaired) electrons. The lowest BCUT2D eigenvalue weighted by atomic mass is 10.1. The van der Waals surface area contributed by atoms with E-state index in [0.29, 0.717) is 17.0 Å². The van der Waals surface area contributed by atoms with Gasteiger partial charge in [0.2, 0.25) is 5.91 Å². The molecule has 4 nitrogen and oxygen atoms in total. The fourth-order valence-corrected chi connectivity index (χ4v) is 1.97. The summed E-state index contributed by atoms with van der Waals surface area (Å²) in [6.07, 6.45) is 5.86.